The van der Waals surface area contributed by atoms with Gasteiger partial charge in [0.2, 0.25) is 0 Å². The van der Waals surface area contributed by atoms with E-state index >= 15 is 0 Å². The molecule has 0 saturated carbocycles. The number of nitrogens with one attached hydrogen (secondary N) is 1. The predicted octanol–water partition coefficient (Wildman–Crippen LogP) is 3.83. The van der Waals surface area contributed by atoms with Crippen molar-refractivity contribution in [3.63, 3.8) is 0 Å². The molecule has 0 bridgehead atoms. The van der Waals surface area contributed by atoms with E-state index in [0.717, 1.165) is 42.2 Å². The van der Waals surface area contributed by atoms with Crippen LogP contribution in [0.25, 0.3) is 5.69 Å². The molecular formula is C19H25ClN4. The minimum atomic E-state index is 0.776. The van der Waals surface area contributed by atoms with Crippen molar-refractivity contribution in [2.75, 3.05) is 31.5 Å². The molecule has 2 aliphatic heterocycles. The molecule has 1 N–H and O–H groups in total. The van der Waals surface area contributed by atoms with Crippen LogP contribution in [0.15, 0.2) is 18.2 Å². The second-order valence-corrected chi connectivity index (χ2v) is 7.38. The summed E-state index contributed by atoms with van der Waals surface area (Å²) < 4.78 is 2.08. The molecule has 4 rings (SSSR count). The average molecular weight is 345 g/mol. The van der Waals surface area contributed by atoms with Crippen LogP contribution >= 0.6 is 11.6 Å². The van der Waals surface area contributed by atoms with Gasteiger partial charge in [-0.1, -0.05) is 18.0 Å². The number of anilines is 1. The van der Waals surface area contributed by atoms with Crippen molar-refractivity contribution in [1.82, 2.24) is 14.7 Å². The van der Waals surface area contributed by atoms with Gasteiger partial charge in [0.1, 0.15) is 5.82 Å². The third-order valence-corrected chi connectivity index (χ3v) is 5.47. The SMILES string of the molecule is Cc1cc(Cl)ccc1-n1nc(CCN2CCCCC2)c2c1NCC2. The van der Waals surface area contributed by atoms with Gasteiger partial charge in [-0.2, -0.15) is 5.10 Å². The van der Waals surface area contributed by atoms with Gasteiger partial charge in [-0.15, -0.1) is 0 Å². The zero-order valence-corrected chi connectivity index (χ0v) is 15.1. The number of fused-ring (bicyclic) bond motifs is 1. The van der Waals surface area contributed by atoms with Crippen LogP contribution in [0.1, 0.15) is 36.1 Å². The molecule has 1 aromatic carbocycles. The Hall–Kier alpha value is -1.52. The molecule has 1 saturated heterocycles. The number of aromatic nitrogens is 2. The molecule has 0 aliphatic carbocycles. The molecular weight excluding hydrogens is 320 g/mol. The lowest BCUT2D eigenvalue weighted by molar-refractivity contribution is 0.230. The second kappa shape index (κ2) is 6.77. The molecule has 1 aromatic heterocycles. The summed E-state index contributed by atoms with van der Waals surface area (Å²) in [5, 5.41) is 9.26. The Labute approximate surface area is 148 Å². The van der Waals surface area contributed by atoms with Crippen LogP contribution in [0.3, 0.4) is 0 Å². The highest BCUT2D eigenvalue weighted by Gasteiger charge is 2.24. The lowest BCUT2D eigenvalue weighted by atomic mass is 10.1. The standard InChI is InChI=1S/C19H25ClN4/c1-14-13-15(20)5-6-18(14)24-19-16(7-9-21-19)17(22-24)8-12-23-10-3-2-4-11-23/h5-6,13,21H,2-4,7-12H2,1H3. The molecule has 0 atom stereocenters. The van der Waals surface area contributed by atoms with Gasteiger partial charge in [0.15, 0.2) is 0 Å². The fourth-order valence-electron chi connectivity index (χ4n) is 3.92. The van der Waals surface area contributed by atoms with E-state index in [-0.39, 0.29) is 0 Å². The van der Waals surface area contributed by atoms with Crippen molar-refractivity contribution in [3.8, 4) is 5.69 Å². The number of hydrogen-bond donors (Lipinski definition) is 1. The summed E-state index contributed by atoms with van der Waals surface area (Å²) in [6.07, 6.45) is 6.21. The monoisotopic (exact) mass is 344 g/mol. The minimum Gasteiger partial charge on any atom is -0.369 e. The van der Waals surface area contributed by atoms with E-state index in [4.69, 9.17) is 16.7 Å². The first-order chi connectivity index (χ1) is 11.7. The van der Waals surface area contributed by atoms with Crippen LogP contribution in [-0.4, -0.2) is 40.9 Å². The number of nitrogens with zero attached hydrogens (tertiary/aromatic N) is 3. The molecule has 5 heteroatoms. The maximum absolute atomic E-state index is 6.11. The van der Waals surface area contributed by atoms with Crippen molar-refractivity contribution in [2.45, 2.75) is 39.0 Å². The number of halogens is 1. The number of benzene rings is 1. The van der Waals surface area contributed by atoms with Gasteiger partial charge in [0.05, 0.1) is 11.4 Å². The van der Waals surface area contributed by atoms with E-state index in [1.54, 1.807) is 0 Å². The minimum absolute atomic E-state index is 0.776. The molecule has 0 spiro atoms. The molecule has 0 amide bonds. The van der Waals surface area contributed by atoms with E-state index in [2.05, 4.69) is 27.9 Å². The summed E-state index contributed by atoms with van der Waals surface area (Å²) in [6, 6.07) is 6.02. The van der Waals surface area contributed by atoms with Crippen molar-refractivity contribution < 1.29 is 0 Å². The quantitative estimate of drug-likeness (QED) is 0.915. The first-order valence-electron chi connectivity index (χ1n) is 9.06. The van der Waals surface area contributed by atoms with Gasteiger partial charge in [0, 0.05) is 30.1 Å². The lowest BCUT2D eigenvalue weighted by Crippen LogP contribution is -2.31. The molecule has 2 aromatic rings. The molecule has 128 valence electrons. The summed E-state index contributed by atoms with van der Waals surface area (Å²) in [5.74, 6) is 1.18. The Balaban J connectivity index is 1.60. The van der Waals surface area contributed by atoms with Gasteiger partial charge in [-0.3, -0.25) is 0 Å². The van der Waals surface area contributed by atoms with E-state index in [1.807, 2.05) is 12.1 Å². The third-order valence-electron chi connectivity index (χ3n) is 5.23. The Bertz CT molecular complexity index is 731. The molecule has 24 heavy (non-hydrogen) atoms. The smallest absolute Gasteiger partial charge is 0.133 e. The fraction of sp³-hybridized carbons (Fsp3) is 0.526. The fourth-order valence-corrected chi connectivity index (χ4v) is 4.15. The van der Waals surface area contributed by atoms with Gasteiger partial charge in [0.25, 0.3) is 0 Å². The zero-order valence-electron chi connectivity index (χ0n) is 14.3. The lowest BCUT2D eigenvalue weighted by Gasteiger charge is -2.26. The van der Waals surface area contributed by atoms with Crippen molar-refractivity contribution in [1.29, 1.82) is 0 Å². The number of hydrogen-bond acceptors (Lipinski definition) is 3. The van der Waals surface area contributed by atoms with Gasteiger partial charge in [-0.25, -0.2) is 4.68 Å². The van der Waals surface area contributed by atoms with Crippen LogP contribution in [0.4, 0.5) is 5.82 Å². The topological polar surface area (TPSA) is 33.1 Å². The van der Waals surface area contributed by atoms with E-state index in [9.17, 15) is 0 Å². The summed E-state index contributed by atoms with van der Waals surface area (Å²) in [7, 11) is 0. The highest BCUT2D eigenvalue weighted by atomic mass is 35.5. The van der Waals surface area contributed by atoms with Crippen LogP contribution in [0, 0.1) is 6.92 Å². The number of piperidine rings is 1. The van der Waals surface area contributed by atoms with Crippen LogP contribution in [-0.2, 0) is 12.8 Å². The Kier molecular flexibility index (Phi) is 4.51. The molecule has 1 fully saturated rings. The maximum atomic E-state index is 6.11. The predicted molar refractivity (Wildman–Crippen MR) is 99.5 cm³/mol. The molecule has 0 radical (unpaired) electrons. The Morgan fingerprint density at radius 1 is 1.21 bits per heavy atom. The van der Waals surface area contributed by atoms with Crippen LogP contribution in [0.5, 0.6) is 0 Å². The molecule has 0 unspecified atom stereocenters. The molecule has 3 heterocycles. The normalized spacial score (nSPS) is 17.8. The van der Waals surface area contributed by atoms with Gasteiger partial charge < -0.3 is 10.2 Å². The zero-order chi connectivity index (χ0) is 16.5. The summed E-state index contributed by atoms with van der Waals surface area (Å²) in [5.41, 5.74) is 4.94. The average Bonchev–Trinajstić information content (AvgIpc) is 3.17. The van der Waals surface area contributed by atoms with E-state index in [1.165, 1.54) is 49.4 Å². The largest absolute Gasteiger partial charge is 0.369 e. The highest BCUT2D eigenvalue weighted by molar-refractivity contribution is 6.30. The van der Waals surface area contributed by atoms with Crippen LogP contribution < -0.4 is 5.32 Å². The number of aryl methyl sites for hydroxylation is 1. The van der Waals surface area contributed by atoms with E-state index in [0.29, 0.717) is 0 Å². The van der Waals surface area contributed by atoms with E-state index < -0.39 is 0 Å². The van der Waals surface area contributed by atoms with Gasteiger partial charge >= 0.3 is 0 Å². The summed E-state index contributed by atoms with van der Waals surface area (Å²) in [4.78, 5) is 2.59. The maximum Gasteiger partial charge on any atom is 0.133 e. The third kappa shape index (κ3) is 3.05. The first kappa shape index (κ1) is 16.0. The highest BCUT2D eigenvalue weighted by Crippen LogP contribution is 2.31. The number of rotatable bonds is 4. The summed E-state index contributed by atoms with van der Waals surface area (Å²) in [6.45, 7) is 6.73. The molecule has 4 nitrogen and oxygen atoms in total. The van der Waals surface area contributed by atoms with Crippen molar-refractivity contribution in [2.24, 2.45) is 0 Å². The molecule has 2 aliphatic rings. The summed E-state index contributed by atoms with van der Waals surface area (Å²) >= 11 is 6.11. The number of likely N-dealkylation sites (tertiary alicyclic amines) is 1. The van der Waals surface area contributed by atoms with Crippen molar-refractivity contribution in [3.05, 3.63) is 40.0 Å². The second-order valence-electron chi connectivity index (χ2n) is 6.95. The Morgan fingerprint density at radius 2 is 2.04 bits per heavy atom. The first-order valence-corrected chi connectivity index (χ1v) is 9.44. The van der Waals surface area contributed by atoms with Crippen LogP contribution in [0.2, 0.25) is 5.02 Å². The Morgan fingerprint density at radius 3 is 2.83 bits per heavy atom. The van der Waals surface area contributed by atoms with Crippen molar-refractivity contribution >= 4 is 17.4 Å². The van der Waals surface area contributed by atoms with Gasteiger partial charge in [-0.05, 0) is 63.0 Å².